The number of thiophene rings is 1. The van der Waals surface area contributed by atoms with Crippen LogP contribution in [0.1, 0.15) is 8.22 Å². The number of hydrogen-bond acceptors (Lipinski definition) is 4. The van der Waals surface area contributed by atoms with Gasteiger partial charge in [-0.25, -0.2) is 15.0 Å². The lowest BCUT2D eigenvalue weighted by molar-refractivity contribution is 1.08. The zero-order valence-corrected chi connectivity index (χ0v) is 29.0. The molecule has 4 heteroatoms. The molecule has 8 aromatic carbocycles. The number of hydrogen-bond donors (Lipinski definition) is 0. The molecule has 0 aliphatic rings. The third kappa shape index (κ3) is 5.85. The largest absolute Gasteiger partial charge is 0.208 e. The van der Waals surface area contributed by atoms with Crippen LogP contribution in [0, 0.1) is 0 Å². The van der Waals surface area contributed by atoms with Crippen LogP contribution in [-0.2, 0) is 0 Å². The molecule has 53 heavy (non-hydrogen) atoms. The second-order valence-electron chi connectivity index (χ2n) is 12.8. The Bertz CT molecular complexity index is 3280. The molecule has 0 spiro atoms. The first kappa shape index (κ1) is 25.2. The number of nitrogens with zero attached hydrogens (tertiary/aromatic N) is 3. The van der Waals surface area contributed by atoms with Crippen LogP contribution in [0.5, 0.6) is 0 Å². The lowest BCUT2D eigenvalue weighted by Gasteiger charge is -2.11. The first-order valence-corrected chi connectivity index (χ1v) is 18.1. The molecule has 10 aromatic rings. The fraction of sp³-hybridized carbons (Fsp3) is 0. The van der Waals surface area contributed by atoms with E-state index in [-0.39, 0.29) is 53.2 Å². The van der Waals surface area contributed by atoms with E-state index in [9.17, 15) is 2.74 Å². The van der Waals surface area contributed by atoms with E-state index < -0.39 is 0 Å². The Hall–Kier alpha value is -6.75. The van der Waals surface area contributed by atoms with Gasteiger partial charge in [0.1, 0.15) is 0 Å². The van der Waals surface area contributed by atoms with Gasteiger partial charge in [0, 0.05) is 36.9 Å². The molecule has 0 saturated carbocycles. The van der Waals surface area contributed by atoms with E-state index in [2.05, 4.69) is 54.6 Å². The SMILES string of the molecule is [2H]c1c(-c2ccccc2)c([2H])c2c(sc3c([2H])c([2H])c([2H])c(-c4nc(-c5ccccc5)nc(-c5cccc(-c6ccc(-c7ccc8ccccc8c7)cc6)c5)n4)c32)c1[2H]. The second kappa shape index (κ2) is 13.1. The van der Waals surface area contributed by atoms with Crippen molar-refractivity contribution < 1.29 is 8.22 Å². The summed E-state index contributed by atoms with van der Waals surface area (Å²) in [5, 5.41) is 3.07. The Morgan fingerprint density at radius 2 is 0.981 bits per heavy atom. The highest BCUT2D eigenvalue weighted by Gasteiger charge is 2.18. The van der Waals surface area contributed by atoms with Gasteiger partial charge in [-0.1, -0.05) is 158 Å². The van der Waals surface area contributed by atoms with Gasteiger partial charge in [-0.05, 0) is 74.4 Å². The maximum atomic E-state index is 9.50. The average Bonchev–Trinajstić information content (AvgIpc) is 3.69. The van der Waals surface area contributed by atoms with E-state index in [4.69, 9.17) is 20.4 Å². The summed E-state index contributed by atoms with van der Waals surface area (Å²) in [4.78, 5) is 14.9. The van der Waals surface area contributed by atoms with E-state index in [1.54, 1.807) is 12.1 Å². The summed E-state index contributed by atoms with van der Waals surface area (Å²) in [5.74, 6) is 0.821. The lowest BCUT2D eigenvalue weighted by Crippen LogP contribution is -2.00. The zero-order valence-electron chi connectivity index (χ0n) is 34.2. The summed E-state index contributed by atoms with van der Waals surface area (Å²) < 4.78 is 55.4. The topological polar surface area (TPSA) is 38.7 Å². The number of fused-ring (bicyclic) bond motifs is 4. The predicted molar refractivity (Wildman–Crippen MR) is 223 cm³/mol. The standard InChI is InChI=1S/C49H31N3S/c1-3-11-32(12-4-1)40-27-28-44-43(31-40)46-42(19-10-20-45(46)53-44)49-51-47(36-14-5-2-6-15-36)50-48(52-49)41-18-9-17-38(30-41)34-21-23-35(24-22-34)39-26-25-33-13-7-8-16-37(33)29-39/h1-31H/i10D,19D,20D,27D,28D,31D. The number of benzene rings is 8. The van der Waals surface area contributed by atoms with E-state index in [1.165, 1.54) is 10.8 Å². The molecule has 2 heterocycles. The minimum Gasteiger partial charge on any atom is -0.208 e. The molecule has 0 fully saturated rings. The Labute approximate surface area is 320 Å². The molecule has 0 N–H and O–H groups in total. The minimum absolute atomic E-state index is 0.00753. The zero-order chi connectivity index (χ0) is 40.4. The molecule has 0 saturated heterocycles. The maximum absolute atomic E-state index is 9.50. The molecule has 248 valence electrons. The fourth-order valence-electron chi connectivity index (χ4n) is 6.77. The van der Waals surface area contributed by atoms with E-state index >= 15 is 0 Å². The van der Waals surface area contributed by atoms with Crippen molar-refractivity contribution in [3.63, 3.8) is 0 Å². The lowest BCUT2D eigenvalue weighted by atomic mass is 9.97. The molecule has 0 bridgehead atoms. The molecule has 2 aromatic heterocycles. The van der Waals surface area contributed by atoms with Gasteiger partial charge in [0.05, 0.1) is 8.22 Å². The van der Waals surface area contributed by atoms with Crippen LogP contribution < -0.4 is 0 Å². The summed E-state index contributed by atoms with van der Waals surface area (Å²) in [7, 11) is 0. The highest BCUT2D eigenvalue weighted by molar-refractivity contribution is 7.26. The van der Waals surface area contributed by atoms with Crippen molar-refractivity contribution in [1.29, 1.82) is 0 Å². The van der Waals surface area contributed by atoms with Crippen molar-refractivity contribution >= 4 is 42.3 Å². The van der Waals surface area contributed by atoms with Gasteiger partial charge in [-0.2, -0.15) is 0 Å². The van der Waals surface area contributed by atoms with Gasteiger partial charge < -0.3 is 0 Å². The van der Waals surface area contributed by atoms with Gasteiger partial charge in [0.25, 0.3) is 0 Å². The first-order chi connectivity index (χ1) is 28.7. The highest BCUT2D eigenvalue weighted by atomic mass is 32.1. The molecule has 0 radical (unpaired) electrons. The highest BCUT2D eigenvalue weighted by Crippen LogP contribution is 2.41. The van der Waals surface area contributed by atoms with Crippen LogP contribution >= 0.6 is 11.3 Å². The minimum atomic E-state index is -0.316. The van der Waals surface area contributed by atoms with Crippen molar-refractivity contribution in [3.05, 3.63) is 188 Å². The molecule has 0 unspecified atom stereocenters. The van der Waals surface area contributed by atoms with Crippen molar-refractivity contribution in [1.82, 2.24) is 15.0 Å². The van der Waals surface area contributed by atoms with Crippen molar-refractivity contribution in [2.75, 3.05) is 0 Å². The summed E-state index contributed by atoms with van der Waals surface area (Å²) in [6.07, 6.45) is 0. The molecule has 10 rings (SSSR count). The van der Waals surface area contributed by atoms with Crippen LogP contribution in [0.2, 0.25) is 0 Å². The molecule has 0 aliphatic heterocycles. The Kier molecular flexibility index (Phi) is 6.24. The van der Waals surface area contributed by atoms with Crippen LogP contribution in [0.15, 0.2) is 188 Å². The van der Waals surface area contributed by atoms with Gasteiger partial charge in [-0.15, -0.1) is 11.3 Å². The third-order valence-corrected chi connectivity index (χ3v) is 10.5. The smallest absolute Gasteiger partial charge is 0.164 e. The molecule has 3 nitrogen and oxygen atoms in total. The van der Waals surface area contributed by atoms with Crippen molar-refractivity contribution in [2.45, 2.75) is 0 Å². The molecular weight excluding hydrogens is 663 g/mol. The summed E-state index contributed by atoms with van der Waals surface area (Å²) >= 11 is 1.09. The van der Waals surface area contributed by atoms with E-state index in [0.717, 1.165) is 39.2 Å². The van der Waals surface area contributed by atoms with Crippen LogP contribution in [0.25, 0.3) is 98.5 Å². The van der Waals surface area contributed by atoms with Crippen molar-refractivity contribution in [2.24, 2.45) is 0 Å². The number of rotatable bonds is 6. The second-order valence-corrected chi connectivity index (χ2v) is 13.8. The summed E-state index contributed by atoms with van der Waals surface area (Å²) in [6.45, 7) is 0. The predicted octanol–water partition coefficient (Wildman–Crippen LogP) is 13.4. The summed E-state index contributed by atoms with van der Waals surface area (Å²) in [6, 6.07) is 48.9. The Balaban J connectivity index is 1.16. The quantitative estimate of drug-likeness (QED) is 0.173. The van der Waals surface area contributed by atoms with Gasteiger partial charge in [-0.3, -0.25) is 0 Å². The third-order valence-electron chi connectivity index (χ3n) is 9.45. The van der Waals surface area contributed by atoms with Crippen LogP contribution in [0.3, 0.4) is 0 Å². The molecule has 0 amide bonds. The average molecular weight is 700 g/mol. The van der Waals surface area contributed by atoms with Gasteiger partial charge in [0.2, 0.25) is 0 Å². The normalized spacial score (nSPS) is 13.0. The maximum Gasteiger partial charge on any atom is 0.164 e. The Morgan fingerprint density at radius 1 is 0.396 bits per heavy atom. The summed E-state index contributed by atoms with van der Waals surface area (Å²) in [5.41, 5.74) is 6.72. The van der Waals surface area contributed by atoms with Gasteiger partial charge in [0.15, 0.2) is 17.5 Å². The molecule has 0 atom stereocenters. The first-order valence-electron chi connectivity index (χ1n) is 20.3. The van der Waals surface area contributed by atoms with E-state index in [0.29, 0.717) is 42.9 Å². The van der Waals surface area contributed by atoms with Crippen LogP contribution in [0.4, 0.5) is 0 Å². The monoisotopic (exact) mass is 699 g/mol. The molecule has 0 aliphatic carbocycles. The molecular formula is C49H31N3S. The number of aromatic nitrogens is 3. The fourth-order valence-corrected chi connectivity index (χ4v) is 7.74. The van der Waals surface area contributed by atoms with Gasteiger partial charge >= 0.3 is 0 Å². The Morgan fingerprint density at radius 3 is 1.75 bits per heavy atom. The van der Waals surface area contributed by atoms with E-state index in [1.807, 2.05) is 84.9 Å². The van der Waals surface area contributed by atoms with Crippen LogP contribution in [-0.4, -0.2) is 15.0 Å². The van der Waals surface area contributed by atoms with Crippen molar-refractivity contribution in [3.8, 4) is 67.5 Å².